The summed E-state index contributed by atoms with van der Waals surface area (Å²) in [6.45, 7) is 0. The van der Waals surface area contributed by atoms with Crippen molar-refractivity contribution in [1.29, 1.82) is 0 Å². The van der Waals surface area contributed by atoms with Crippen molar-refractivity contribution in [3.05, 3.63) is 39.6 Å². The van der Waals surface area contributed by atoms with Gasteiger partial charge < -0.3 is 0 Å². The fourth-order valence-corrected chi connectivity index (χ4v) is 1.36. The number of aromatic amines is 1. The zero-order chi connectivity index (χ0) is 8.55. The average molecular weight is 181 g/mol. The molecule has 0 aliphatic rings. The van der Waals surface area contributed by atoms with Crippen molar-refractivity contribution in [3.63, 3.8) is 0 Å². The maximum absolute atomic E-state index is 11.2. The highest BCUT2D eigenvalue weighted by atomic mass is 35.5. The number of aromatic nitrogens is 2. The Morgan fingerprint density at radius 2 is 2.25 bits per heavy atom. The molecule has 0 fully saturated rings. The lowest BCUT2D eigenvalue weighted by Gasteiger charge is -1.96. The van der Waals surface area contributed by atoms with Gasteiger partial charge in [0.2, 0.25) is 5.43 Å². The summed E-state index contributed by atoms with van der Waals surface area (Å²) in [4.78, 5) is 11.2. The molecule has 0 radical (unpaired) electrons. The first-order chi connectivity index (χ1) is 5.79. The van der Waals surface area contributed by atoms with Crippen LogP contribution >= 0.6 is 11.6 Å². The summed E-state index contributed by atoms with van der Waals surface area (Å²) in [5.74, 6) is 0. The number of rotatable bonds is 0. The number of hydrogen-bond donors (Lipinski definition) is 1. The van der Waals surface area contributed by atoms with Gasteiger partial charge in [-0.25, -0.2) is 0 Å². The van der Waals surface area contributed by atoms with E-state index in [2.05, 4.69) is 10.2 Å². The highest BCUT2D eigenvalue weighted by Crippen LogP contribution is 2.16. The van der Waals surface area contributed by atoms with Crippen molar-refractivity contribution in [1.82, 2.24) is 10.2 Å². The van der Waals surface area contributed by atoms with Crippen LogP contribution in [0.15, 0.2) is 29.2 Å². The Bertz CT molecular complexity index is 472. The molecular weight excluding hydrogens is 176 g/mol. The zero-order valence-corrected chi connectivity index (χ0v) is 6.80. The van der Waals surface area contributed by atoms with Gasteiger partial charge in [-0.1, -0.05) is 17.7 Å². The van der Waals surface area contributed by atoms with Crippen molar-refractivity contribution in [2.75, 3.05) is 0 Å². The Balaban J connectivity index is 3.07. The van der Waals surface area contributed by atoms with Crippen molar-refractivity contribution in [3.8, 4) is 0 Å². The van der Waals surface area contributed by atoms with Gasteiger partial charge in [0, 0.05) is 0 Å². The molecule has 0 saturated carbocycles. The molecule has 1 aromatic heterocycles. The molecule has 0 amide bonds. The SMILES string of the molecule is O=c1cn[nH]c2cccc(Cl)c12. The zero-order valence-electron chi connectivity index (χ0n) is 6.04. The predicted octanol–water partition coefficient (Wildman–Crippen LogP) is 1.58. The number of fused-ring (bicyclic) bond motifs is 1. The Hall–Kier alpha value is -1.35. The van der Waals surface area contributed by atoms with Crippen molar-refractivity contribution < 1.29 is 0 Å². The molecule has 0 aliphatic carbocycles. The standard InChI is InChI=1S/C8H5ClN2O/c9-5-2-1-3-6-8(5)7(12)4-10-11-6/h1-4H,(H,11,12). The Labute approximate surface area is 73.0 Å². The van der Waals surface area contributed by atoms with Gasteiger partial charge >= 0.3 is 0 Å². The van der Waals surface area contributed by atoms with E-state index in [-0.39, 0.29) is 5.43 Å². The maximum Gasteiger partial charge on any atom is 0.209 e. The van der Waals surface area contributed by atoms with E-state index in [9.17, 15) is 4.79 Å². The Kier molecular flexibility index (Phi) is 1.59. The van der Waals surface area contributed by atoms with Crippen LogP contribution < -0.4 is 5.43 Å². The van der Waals surface area contributed by atoms with Gasteiger partial charge in [0.1, 0.15) is 0 Å². The monoisotopic (exact) mass is 180 g/mol. The minimum absolute atomic E-state index is 0.158. The number of hydrogen-bond acceptors (Lipinski definition) is 2. The van der Waals surface area contributed by atoms with Gasteiger partial charge in [-0.15, -0.1) is 0 Å². The molecule has 0 saturated heterocycles. The fourth-order valence-electron chi connectivity index (χ4n) is 1.09. The first kappa shape index (κ1) is 7.31. The van der Waals surface area contributed by atoms with Crippen LogP contribution in [0.3, 0.4) is 0 Å². The molecule has 1 heterocycles. The van der Waals surface area contributed by atoms with Crippen LogP contribution in [0.25, 0.3) is 10.9 Å². The highest BCUT2D eigenvalue weighted by Gasteiger charge is 2.01. The van der Waals surface area contributed by atoms with Gasteiger partial charge in [0.15, 0.2) is 0 Å². The molecule has 0 aliphatic heterocycles. The molecule has 2 aromatic rings. The van der Waals surface area contributed by atoms with Crippen LogP contribution in [0, 0.1) is 0 Å². The van der Waals surface area contributed by atoms with Crippen LogP contribution in [0.2, 0.25) is 5.02 Å². The Morgan fingerprint density at radius 3 is 3.00 bits per heavy atom. The van der Waals surface area contributed by atoms with Crippen LogP contribution in [0.5, 0.6) is 0 Å². The number of halogens is 1. The second-order valence-electron chi connectivity index (χ2n) is 2.40. The number of benzene rings is 1. The van der Waals surface area contributed by atoms with Gasteiger partial charge in [-0.3, -0.25) is 9.89 Å². The third-order valence-corrected chi connectivity index (χ3v) is 1.94. The molecule has 3 nitrogen and oxygen atoms in total. The lowest BCUT2D eigenvalue weighted by molar-refractivity contribution is 1.06. The van der Waals surface area contributed by atoms with E-state index in [1.807, 2.05) is 0 Å². The smallest absolute Gasteiger partial charge is 0.209 e. The molecular formula is C8H5ClN2O. The van der Waals surface area contributed by atoms with E-state index < -0.39 is 0 Å². The molecule has 0 unspecified atom stereocenters. The lowest BCUT2D eigenvalue weighted by atomic mass is 10.2. The molecule has 0 atom stereocenters. The quantitative estimate of drug-likeness (QED) is 0.669. The minimum Gasteiger partial charge on any atom is -0.287 e. The molecule has 1 N–H and O–H groups in total. The average Bonchev–Trinajstić information content (AvgIpc) is 2.04. The van der Waals surface area contributed by atoms with Gasteiger partial charge in [-0.2, -0.15) is 5.10 Å². The highest BCUT2D eigenvalue weighted by molar-refractivity contribution is 6.35. The number of nitrogens with one attached hydrogen (secondary N) is 1. The van der Waals surface area contributed by atoms with Crippen molar-refractivity contribution in [2.45, 2.75) is 0 Å². The van der Waals surface area contributed by atoms with E-state index in [1.54, 1.807) is 18.2 Å². The summed E-state index contributed by atoms with van der Waals surface area (Å²) in [6.07, 6.45) is 1.22. The summed E-state index contributed by atoms with van der Waals surface area (Å²) < 4.78 is 0. The van der Waals surface area contributed by atoms with Crippen LogP contribution in [-0.4, -0.2) is 10.2 Å². The van der Waals surface area contributed by atoms with Crippen LogP contribution in [0.1, 0.15) is 0 Å². The number of nitrogens with zero attached hydrogens (tertiary/aromatic N) is 1. The first-order valence-corrected chi connectivity index (χ1v) is 3.79. The summed E-state index contributed by atoms with van der Waals surface area (Å²) in [5.41, 5.74) is 0.504. The first-order valence-electron chi connectivity index (χ1n) is 3.41. The van der Waals surface area contributed by atoms with E-state index in [0.717, 1.165) is 0 Å². The van der Waals surface area contributed by atoms with E-state index in [0.29, 0.717) is 15.9 Å². The van der Waals surface area contributed by atoms with E-state index in [4.69, 9.17) is 11.6 Å². The molecule has 12 heavy (non-hydrogen) atoms. The van der Waals surface area contributed by atoms with E-state index in [1.165, 1.54) is 6.20 Å². The van der Waals surface area contributed by atoms with Crippen molar-refractivity contribution >= 4 is 22.5 Å². The maximum atomic E-state index is 11.2. The molecule has 1 aromatic carbocycles. The summed E-state index contributed by atoms with van der Waals surface area (Å²) in [6, 6.07) is 5.21. The summed E-state index contributed by atoms with van der Waals surface area (Å²) >= 11 is 5.81. The van der Waals surface area contributed by atoms with Gasteiger partial charge in [0.25, 0.3) is 0 Å². The van der Waals surface area contributed by atoms with Crippen LogP contribution in [-0.2, 0) is 0 Å². The molecule has 0 bridgehead atoms. The van der Waals surface area contributed by atoms with E-state index >= 15 is 0 Å². The third-order valence-electron chi connectivity index (χ3n) is 1.63. The molecule has 60 valence electrons. The molecule has 4 heteroatoms. The second-order valence-corrected chi connectivity index (χ2v) is 2.80. The van der Waals surface area contributed by atoms with Crippen LogP contribution in [0.4, 0.5) is 0 Å². The minimum atomic E-state index is -0.158. The second kappa shape index (κ2) is 2.60. The van der Waals surface area contributed by atoms with Gasteiger partial charge in [0.05, 0.1) is 22.1 Å². The topological polar surface area (TPSA) is 45.8 Å². The lowest BCUT2D eigenvalue weighted by Crippen LogP contribution is -2.02. The normalized spacial score (nSPS) is 10.4. The Morgan fingerprint density at radius 1 is 1.42 bits per heavy atom. The largest absolute Gasteiger partial charge is 0.287 e. The summed E-state index contributed by atoms with van der Waals surface area (Å²) in [5, 5.41) is 7.30. The van der Waals surface area contributed by atoms with Crippen molar-refractivity contribution in [2.24, 2.45) is 0 Å². The fraction of sp³-hybridized carbons (Fsp3) is 0. The molecule has 2 rings (SSSR count). The summed E-state index contributed by atoms with van der Waals surface area (Å²) in [7, 11) is 0. The number of H-pyrrole nitrogens is 1. The predicted molar refractivity (Wildman–Crippen MR) is 47.4 cm³/mol. The third kappa shape index (κ3) is 0.987. The van der Waals surface area contributed by atoms with Gasteiger partial charge in [-0.05, 0) is 12.1 Å². The molecule has 0 spiro atoms.